The first-order valence-corrected chi connectivity index (χ1v) is 4.10. The molecular formula is C12H5N2+. The Bertz CT molecular complexity index is 522. The van der Waals surface area contributed by atoms with Crippen LogP contribution in [0.4, 0.5) is 0 Å². The first kappa shape index (κ1) is 8.20. The van der Waals surface area contributed by atoms with Crippen molar-refractivity contribution in [2.75, 3.05) is 0 Å². The highest BCUT2D eigenvalue weighted by atomic mass is 14.3. The molecule has 0 N–H and O–H groups in total. The van der Waals surface area contributed by atoms with Gasteiger partial charge in [-0.1, -0.05) is 5.73 Å². The van der Waals surface area contributed by atoms with Crippen LogP contribution in [0.1, 0.15) is 5.56 Å². The second-order valence-corrected chi connectivity index (χ2v) is 2.85. The van der Waals surface area contributed by atoms with E-state index in [1.807, 2.05) is 36.4 Å². The average Bonchev–Trinajstić information content (AvgIpc) is 2.89. The molecule has 0 saturated carbocycles. The highest BCUT2D eigenvalue weighted by Gasteiger charge is 2.25. The predicted molar refractivity (Wildman–Crippen MR) is 52.1 cm³/mol. The highest BCUT2D eigenvalue weighted by Crippen LogP contribution is 2.31. The molecule has 0 bridgehead atoms. The summed E-state index contributed by atoms with van der Waals surface area (Å²) in [5.41, 5.74) is 5.59. The van der Waals surface area contributed by atoms with E-state index in [0.29, 0.717) is 5.57 Å². The van der Waals surface area contributed by atoms with Crippen molar-refractivity contribution < 1.29 is 0 Å². The number of allylic oxidation sites excluding steroid dienone is 5. The third-order valence-electron chi connectivity index (χ3n) is 1.96. The molecule has 0 heterocycles. The molecule has 0 radical (unpaired) electrons. The van der Waals surface area contributed by atoms with E-state index in [0.717, 1.165) is 11.1 Å². The molecule has 0 spiro atoms. The third-order valence-corrected chi connectivity index (χ3v) is 1.96. The lowest BCUT2D eigenvalue weighted by atomic mass is 10.0. The Balaban J connectivity index is 2.57. The fourth-order valence-corrected chi connectivity index (χ4v) is 1.27. The van der Waals surface area contributed by atoms with Gasteiger partial charge in [0.25, 0.3) is 0 Å². The largest absolute Gasteiger partial charge is 0.203 e. The van der Waals surface area contributed by atoms with Gasteiger partial charge in [0.1, 0.15) is 11.1 Å². The molecule has 2 heteroatoms. The summed E-state index contributed by atoms with van der Waals surface area (Å²) in [7, 11) is 0. The summed E-state index contributed by atoms with van der Waals surface area (Å²) in [6, 6.07) is 7.56. The van der Waals surface area contributed by atoms with Gasteiger partial charge in [0, 0.05) is 0 Å². The molecule has 1 aromatic carbocycles. The molecule has 1 aliphatic carbocycles. The van der Waals surface area contributed by atoms with Crippen molar-refractivity contribution in [1.29, 1.82) is 10.5 Å². The van der Waals surface area contributed by atoms with Crippen molar-refractivity contribution in [3.63, 3.8) is 0 Å². The Hall–Kier alpha value is -2.41. The van der Waals surface area contributed by atoms with Gasteiger partial charge in [0.05, 0.1) is 17.7 Å². The number of hydrogen-bond donors (Lipinski definition) is 0. The molecule has 0 atom stereocenters. The maximum absolute atomic E-state index is 8.79. The van der Waals surface area contributed by atoms with Gasteiger partial charge in [0.2, 0.25) is 5.57 Å². The molecule has 0 unspecified atom stereocenters. The number of nitriles is 2. The van der Waals surface area contributed by atoms with Crippen LogP contribution in [0, 0.1) is 22.7 Å². The molecule has 0 saturated heterocycles. The van der Waals surface area contributed by atoms with Crippen LogP contribution in [0.25, 0.3) is 5.57 Å². The SMILES string of the molecule is N#CC(C#N)=C(C1=C=CC=C1)[c+]1cc1. The second-order valence-electron chi connectivity index (χ2n) is 2.85. The Morgan fingerprint density at radius 1 is 1.29 bits per heavy atom. The van der Waals surface area contributed by atoms with Crippen LogP contribution < -0.4 is 0 Å². The molecule has 2 nitrogen and oxygen atoms in total. The van der Waals surface area contributed by atoms with Gasteiger partial charge in [-0.05, 0) is 18.2 Å². The number of nitrogens with zero attached hydrogens (tertiary/aromatic N) is 2. The monoisotopic (exact) mass is 177 g/mol. The van der Waals surface area contributed by atoms with Crippen LogP contribution in [0.5, 0.6) is 0 Å². The molecule has 14 heavy (non-hydrogen) atoms. The topological polar surface area (TPSA) is 47.6 Å². The normalized spacial score (nSPS) is 12.3. The van der Waals surface area contributed by atoms with Crippen molar-refractivity contribution in [3.05, 3.63) is 52.8 Å². The molecule has 0 aliphatic heterocycles. The smallest absolute Gasteiger partial charge is 0.182 e. The molecular weight excluding hydrogens is 172 g/mol. The maximum atomic E-state index is 8.79. The van der Waals surface area contributed by atoms with Gasteiger partial charge in [-0.2, -0.15) is 10.5 Å². The van der Waals surface area contributed by atoms with Gasteiger partial charge in [0.15, 0.2) is 12.1 Å². The molecule has 0 aromatic heterocycles. The summed E-state index contributed by atoms with van der Waals surface area (Å²) in [5, 5.41) is 17.6. The zero-order chi connectivity index (χ0) is 9.97. The minimum Gasteiger partial charge on any atom is -0.182 e. The van der Waals surface area contributed by atoms with Gasteiger partial charge in [-0.3, -0.25) is 0 Å². The highest BCUT2D eigenvalue weighted by molar-refractivity contribution is 5.90. The zero-order valence-electron chi connectivity index (χ0n) is 7.28. The molecule has 1 aliphatic rings. The van der Waals surface area contributed by atoms with Crippen LogP contribution in [0.15, 0.2) is 47.2 Å². The van der Waals surface area contributed by atoms with Crippen molar-refractivity contribution in [2.24, 2.45) is 0 Å². The van der Waals surface area contributed by atoms with Gasteiger partial charge >= 0.3 is 0 Å². The zero-order valence-corrected chi connectivity index (χ0v) is 7.28. The van der Waals surface area contributed by atoms with E-state index in [1.54, 1.807) is 6.08 Å². The van der Waals surface area contributed by atoms with E-state index >= 15 is 0 Å². The summed E-state index contributed by atoms with van der Waals surface area (Å²) in [5.74, 6) is 0. The van der Waals surface area contributed by atoms with Crippen LogP contribution in [-0.2, 0) is 0 Å². The fourth-order valence-electron chi connectivity index (χ4n) is 1.27. The lowest BCUT2D eigenvalue weighted by Gasteiger charge is -1.90. The van der Waals surface area contributed by atoms with E-state index in [4.69, 9.17) is 10.5 Å². The minimum absolute atomic E-state index is 0.146. The first-order chi connectivity index (χ1) is 6.86. The van der Waals surface area contributed by atoms with Gasteiger partial charge < -0.3 is 0 Å². The lowest BCUT2D eigenvalue weighted by molar-refractivity contribution is 1.46. The predicted octanol–water partition coefficient (Wildman–Crippen LogP) is 2.30. The van der Waals surface area contributed by atoms with Crippen LogP contribution in [0.2, 0.25) is 0 Å². The number of hydrogen-bond acceptors (Lipinski definition) is 2. The molecule has 62 valence electrons. The van der Waals surface area contributed by atoms with E-state index in [-0.39, 0.29) is 5.57 Å². The third kappa shape index (κ3) is 1.27. The summed E-state index contributed by atoms with van der Waals surface area (Å²) < 4.78 is 0. The van der Waals surface area contributed by atoms with E-state index in [2.05, 4.69) is 5.73 Å². The van der Waals surface area contributed by atoms with Crippen LogP contribution in [-0.4, -0.2) is 0 Å². The van der Waals surface area contributed by atoms with Crippen LogP contribution >= 0.6 is 0 Å². The summed E-state index contributed by atoms with van der Waals surface area (Å²) in [6.45, 7) is 0. The minimum atomic E-state index is 0.146. The van der Waals surface area contributed by atoms with E-state index in [9.17, 15) is 0 Å². The molecule has 2 rings (SSSR count). The van der Waals surface area contributed by atoms with E-state index in [1.165, 1.54) is 0 Å². The van der Waals surface area contributed by atoms with Crippen LogP contribution in [0.3, 0.4) is 0 Å². The lowest BCUT2D eigenvalue weighted by Crippen LogP contribution is -1.85. The summed E-state index contributed by atoms with van der Waals surface area (Å²) in [6.07, 6.45) is 5.45. The first-order valence-electron chi connectivity index (χ1n) is 4.10. The quantitative estimate of drug-likeness (QED) is 0.395. The summed E-state index contributed by atoms with van der Waals surface area (Å²) in [4.78, 5) is 0. The fraction of sp³-hybridized carbons (Fsp3) is 0. The van der Waals surface area contributed by atoms with Crippen molar-refractivity contribution in [2.45, 2.75) is 0 Å². The van der Waals surface area contributed by atoms with Gasteiger partial charge in [-0.15, -0.1) is 0 Å². The van der Waals surface area contributed by atoms with Crippen molar-refractivity contribution in [1.82, 2.24) is 0 Å². The number of rotatable bonds is 2. The maximum Gasteiger partial charge on any atom is 0.203 e. The van der Waals surface area contributed by atoms with E-state index < -0.39 is 0 Å². The summed E-state index contributed by atoms with van der Waals surface area (Å²) >= 11 is 0. The molecule has 0 fully saturated rings. The second kappa shape index (κ2) is 3.15. The standard InChI is InChI=1S/C12H5N2/c13-7-11(8-14)12(10-5-6-10)9-3-1-2-4-9/h1-3,5-6H/q+1. The Morgan fingerprint density at radius 2 is 2.00 bits per heavy atom. The average molecular weight is 177 g/mol. The molecule has 1 aromatic rings. The van der Waals surface area contributed by atoms with Crippen molar-refractivity contribution in [3.8, 4) is 12.1 Å². The Kier molecular flexibility index (Phi) is 1.84. The Morgan fingerprint density at radius 3 is 2.43 bits per heavy atom. The van der Waals surface area contributed by atoms with Crippen molar-refractivity contribution >= 4 is 5.57 Å². The Labute approximate surface area is 81.7 Å². The molecule has 0 amide bonds. The van der Waals surface area contributed by atoms with Gasteiger partial charge in [-0.25, -0.2) is 0 Å².